The van der Waals surface area contributed by atoms with Gasteiger partial charge in [0.2, 0.25) is 5.88 Å². The van der Waals surface area contributed by atoms with Gasteiger partial charge in [-0.1, -0.05) is 18.2 Å². The molecule has 1 aliphatic rings. The van der Waals surface area contributed by atoms with Gasteiger partial charge in [0.25, 0.3) is 0 Å². The number of rotatable bonds is 4. The van der Waals surface area contributed by atoms with E-state index in [-0.39, 0.29) is 17.4 Å². The number of para-hydroxylation sites is 1. The number of methoxy groups -OCH3 is 1. The molecule has 2 aromatic heterocycles. The van der Waals surface area contributed by atoms with E-state index in [4.69, 9.17) is 10.5 Å². The number of benzene rings is 2. The molecular formula is C24H23F3N6O2. The second-order valence-corrected chi connectivity index (χ2v) is 8.58. The van der Waals surface area contributed by atoms with Crippen LogP contribution < -0.4 is 20.7 Å². The van der Waals surface area contributed by atoms with Crippen molar-refractivity contribution in [1.29, 1.82) is 0 Å². The number of ether oxygens (including phenoxy) is 1. The summed E-state index contributed by atoms with van der Waals surface area (Å²) >= 11 is 0. The monoisotopic (exact) mass is 484 g/mol. The zero-order valence-electron chi connectivity index (χ0n) is 19.0. The molecule has 5 rings (SSSR count). The maximum atomic E-state index is 14.4. The van der Waals surface area contributed by atoms with Crippen LogP contribution in [0.1, 0.15) is 30.1 Å². The van der Waals surface area contributed by atoms with Gasteiger partial charge >= 0.3 is 6.03 Å². The molecule has 0 saturated carbocycles. The minimum Gasteiger partial charge on any atom is -0.480 e. The second-order valence-electron chi connectivity index (χ2n) is 8.58. The van der Waals surface area contributed by atoms with E-state index in [9.17, 15) is 18.0 Å². The average molecular weight is 484 g/mol. The zero-order chi connectivity index (χ0) is 24.9. The van der Waals surface area contributed by atoms with Crippen LogP contribution in [0.25, 0.3) is 21.9 Å². The Kier molecular flexibility index (Phi) is 5.62. The van der Waals surface area contributed by atoms with Crippen molar-refractivity contribution in [2.75, 3.05) is 18.6 Å². The minimum absolute atomic E-state index is 0.0202. The molecule has 1 fully saturated rings. The van der Waals surface area contributed by atoms with E-state index in [0.29, 0.717) is 25.1 Å². The maximum Gasteiger partial charge on any atom is 0.312 e. The first-order valence-corrected chi connectivity index (χ1v) is 11.1. The first kappa shape index (κ1) is 22.8. The number of fused-ring (bicyclic) bond motifs is 2. The van der Waals surface area contributed by atoms with Crippen molar-refractivity contribution < 1.29 is 22.7 Å². The molecule has 0 aliphatic carbocycles. The number of anilines is 1. The van der Waals surface area contributed by atoms with Gasteiger partial charge < -0.3 is 25.7 Å². The first-order chi connectivity index (χ1) is 16.8. The minimum atomic E-state index is -1.62. The fraction of sp³-hybridized carbons (Fsp3) is 0.292. The summed E-state index contributed by atoms with van der Waals surface area (Å²) in [5.74, 6) is -4.44. The van der Waals surface area contributed by atoms with Crippen molar-refractivity contribution in [2.24, 2.45) is 5.73 Å². The molecule has 3 heterocycles. The number of carbonyl (C=O) groups is 1. The van der Waals surface area contributed by atoms with Crippen molar-refractivity contribution in [3.63, 3.8) is 0 Å². The molecular weight excluding hydrogens is 461 g/mol. The number of halogens is 3. The molecule has 0 radical (unpaired) electrons. The predicted molar refractivity (Wildman–Crippen MR) is 125 cm³/mol. The topological polar surface area (TPSA) is 109 Å². The molecule has 11 heteroatoms. The number of H-pyrrole nitrogens is 1. The number of nitrogens with zero attached hydrogens (tertiary/aromatic N) is 3. The largest absolute Gasteiger partial charge is 0.480 e. The first-order valence-electron chi connectivity index (χ1n) is 11.1. The highest BCUT2D eigenvalue weighted by molar-refractivity contribution is 5.95. The Morgan fingerprint density at radius 2 is 2.06 bits per heavy atom. The van der Waals surface area contributed by atoms with E-state index in [1.165, 1.54) is 7.11 Å². The van der Waals surface area contributed by atoms with Crippen LogP contribution in [0.4, 0.5) is 23.7 Å². The van der Waals surface area contributed by atoms with Gasteiger partial charge in [-0.15, -0.1) is 0 Å². The Balaban J connectivity index is 1.68. The lowest BCUT2D eigenvalue weighted by Gasteiger charge is -2.40. The third-order valence-electron chi connectivity index (χ3n) is 6.46. The molecule has 2 unspecified atom stereocenters. The number of hydrogen-bond acceptors (Lipinski definition) is 5. The van der Waals surface area contributed by atoms with Crippen LogP contribution in [-0.4, -0.2) is 40.7 Å². The SMILES string of the molecule is COc1nc2c(F)c(F)c(F)cc2nc1C1CC(NC(N)=O)CCN1c1c[nH]c2c(C)cccc12. The Labute approximate surface area is 198 Å². The Morgan fingerprint density at radius 1 is 1.26 bits per heavy atom. The molecule has 8 nitrogen and oxygen atoms in total. The quantitative estimate of drug-likeness (QED) is 0.376. The summed E-state index contributed by atoms with van der Waals surface area (Å²) in [7, 11) is 1.35. The number of aromatic nitrogens is 3. The summed E-state index contributed by atoms with van der Waals surface area (Å²) < 4.78 is 47.7. The van der Waals surface area contributed by atoms with Crippen LogP contribution in [0.5, 0.6) is 5.88 Å². The number of piperidine rings is 1. The molecule has 0 spiro atoms. The Bertz CT molecular complexity index is 1460. The molecule has 1 saturated heterocycles. The Hall–Kier alpha value is -4.02. The van der Waals surface area contributed by atoms with Gasteiger partial charge in [-0.05, 0) is 25.3 Å². The molecule has 2 aromatic carbocycles. The standard InChI is InChI=1S/C24H23F3N6O2/c1-11-4-3-5-13-17(10-29-20(11)13)33-7-6-12(30-24(28)34)8-16(33)22-23(35-2)32-21-15(31-22)9-14(25)18(26)19(21)27/h3-5,9-10,12,16,29H,6-8H2,1-2H3,(H3,28,30,34). The number of nitrogens with two attached hydrogens (primary N) is 1. The zero-order valence-corrected chi connectivity index (χ0v) is 19.0. The van der Waals surface area contributed by atoms with Crippen LogP contribution >= 0.6 is 0 Å². The summed E-state index contributed by atoms with van der Waals surface area (Å²) in [6, 6.07) is 5.35. The number of aromatic amines is 1. The van der Waals surface area contributed by atoms with Crippen molar-refractivity contribution in [2.45, 2.75) is 31.8 Å². The van der Waals surface area contributed by atoms with Gasteiger partial charge in [-0.25, -0.2) is 27.9 Å². The number of amides is 2. The predicted octanol–water partition coefficient (Wildman–Crippen LogP) is 4.22. The number of nitrogens with one attached hydrogen (secondary N) is 2. The summed E-state index contributed by atoms with van der Waals surface area (Å²) in [6.45, 7) is 2.52. The molecule has 182 valence electrons. The van der Waals surface area contributed by atoms with Gasteiger partial charge in [0, 0.05) is 30.2 Å². The van der Waals surface area contributed by atoms with E-state index in [2.05, 4.69) is 25.2 Å². The highest BCUT2D eigenvalue weighted by Gasteiger charge is 2.35. The van der Waals surface area contributed by atoms with Crippen LogP contribution in [0.15, 0.2) is 30.5 Å². The normalized spacial score (nSPS) is 18.3. The van der Waals surface area contributed by atoms with Crippen LogP contribution in [-0.2, 0) is 0 Å². The van der Waals surface area contributed by atoms with Crippen LogP contribution in [0.2, 0.25) is 0 Å². The van der Waals surface area contributed by atoms with Gasteiger partial charge in [0.1, 0.15) is 11.2 Å². The smallest absolute Gasteiger partial charge is 0.312 e. The highest BCUT2D eigenvalue weighted by Crippen LogP contribution is 2.41. The number of carbonyl (C=O) groups excluding carboxylic acids is 1. The van der Waals surface area contributed by atoms with Crippen molar-refractivity contribution in [3.05, 3.63) is 59.2 Å². The molecule has 1 aliphatic heterocycles. The third kappa shape index (κ3) is 3.86. The number of hydrogen-bond donors (Lipinski definition) is 3. The second kappa shape index (κ2) is 8.64. The lowest BCUT2D eigenvalue weighted by molar-refractivity contribution is 0.240. The highest BCUT2D eigenvalue weighted by atomic mass is 19.2. The van der Waals surface area contributed by atoms with Crippen molar-refractivity contribution >= 4 is 33.7 Å². The summed E-state index contributed by atoms with van der Waals surface area (Å²) in [5, 5.41) is 3.73. The lowest BCUT2D eigenvalue weighted by atomic mass is 9.93. The summed E-state index contributed by atoms with van der Waals surface area (Å²) in [4.78, 5) is 25.6. The van der Waals surface area contributed by atoms with Crippen LogP contribution in [0.3, 0.4) is 0 Å². The van der Waals surface area contributed by atoms with Gasteiger partial charge in [-0.3, -0.25) is 0 Å². The molecule has 2 amide bonds. The molecule has 2 atom stereocenters. The van der Waals surface area contributed by atoms with E-state index < -0.39 is 35.0 Å². The van der Waals surface area contributed by atoms with Gasteiger partial charge in [-0.2, -0.15) is 0 Å². The molecule has 0 bridgehead atoms. The lowest BCUT2D eigenvalue weighted by Crippen LogP contribution is -2.48. The van der Waals surface area contributed by atoms with Crippen molar-refractivity contribution in [1.82, 2.24) is 20.3 Å². The number of primary amides is 1. The van der Waals surface area contributed by atoms with Gasteiger partial charge in [0.05, 0.1) is 29.9 Å². The van der Waals surface area contributed by atoms with E-state index >= 15 is 0 Å². The number of aryl methyl sites for hydroxylation is 1. The van der Waals surface area contributed by atoms with E-state index in [0.717, 1.165) is 28.2 Å². The fourth-order valence-corrected chi connectivity index (χ4v) is 4.84. The fourth-order valence-electron chi connectivity index (χ4n) is 4.84. The van der Waals surface area contributed by atoms with Gasteiger partial charge in [0.15, 0.2) is 17.5 Å². The number of urea groups is 1. The third-order valence-corrected chi connectivity index (χ3v) is 6.46. The summed E-state index contributed by atoms with van der Waals surface area (Å²) in [5.41, 5.74) is 8.06. The molecule has 4 N–H and O–H groups in total. The molecule has 4 aromatic rings. The Morgan fingerprint density at radius 3 is 2.80 bits per heavy atom. The molecule has 35 heavy (non-hydrogen) atoms. The van der Waals surface area contributed by atoms with E-state index in [1.54, 1.807) is 0 Å². The van der Waals surface area contributed by atoms with Crippen molar-refractivity contribution in [3.8, 4) is 5.88 Å². The van der Waals surface area contributed by atoms with Crippen LogP contribution in [0, 0.1) is 24.4 Å². The van der Waals surface area contributed by atoms with E-state index in [1.807, 2.05) is 31.3 Å². The average Bonchev–Trinajstić information content (AvgIpc) is 3.27. The summed E-state index contributed by atoms with van der Waals surface area (Å²) in [6.07, 6.45) is 2.88. The maximum absolute atomic E-state index is 14.4.